The lowest BCUT2D eigenvalue weighted by atomic mass is 9.92. The molecule has 0 amide bonds. The van der Waals surface area contributed by atoms with Gasteiger partial charge in [-0.15, -0.1) is 0 Å². The highest BCUT2D eigenvalue weighted by atomic mass is 16.3. The molecule has 1 heterocycles. The third-order valence-electron chi connectivity index (χ3n) is 7.34. The van der Waals surface area contributed by atoms with Crippen LogP contribution in [0.2, 0.25) is 0 Å². The molecule has 6 heteroatoms. The monoisotopic (exact) mass is 597 g/mol. The number of aromatic amines is 1. The van der Waals surface area contributed by atoms with Crippen LogP contribution in [-0.4, -0.2) is 27.5 Å². The van der Waals surface area contributed by atoms with Crippen LogP contribution in [0, 0.1) is 12.5 Å². The van der Waals surface area contributed by atoms with Gasteiger partial charge in [0, 0.05) is 29.4 Å². The number of nitrogens with one attached hydrogen (secondary N) is 3. The molecule has 3 aromatic carbocycles. The molecule has 0 aliphatic heterocycles. The molecule has 4 aromatic rings. The normalized spacial score (nSPS) is 12.0. The lowest BCUT2D eigenvalue weighted by molar-refractivity contribution is 0.475. The number of H-pyrrole nitrogens is 1. The Hall–Kier alpha value is -5.28. The van der Waals surface area contributed by atoms with Crippen molar-refractivity contribution in [3.63, 3.8) is 0 Å². The van der Waals surface area contributed by atoms with Crippen molar-refractivity contribution in [1.82, 2.24) is 20.6 Å². The average molecular weight is 598 g/mol. The van der Waals surface area contributed by atoms with Gasteiger partial charge in [0.05, 0.1) is 17.4 Å². The van der Waals surface area contributed by atoms with Gasteiger partial charge in [-0.25, -0.2) is 4.98 Å². The second-order valence-electron chi connectivity index (χ2n) is 11.1. The van der Waals surface area contributed by atoms with Crippen molar-refractivity contribution in [3.8, 4) is 40.7 Å². The highest BCUT2D eigenvalue weighted by Gasteiger charge is 2.20. The summed E-state index contributed by atoms with van der Waals surface area (Å²) in [7, 11) is 0. The molecule has 0 radical (unpaired) electrons. The number of phenolic OH excluding ortho intramolecular Hbond substituents is 1. The predicted molar refractivity (Wildman–Crippen MR) is 190 cm³/mol. The average Bonchev–Trinajstić information content (AvgIpc) is 3.42. The summed E-state index contributed by atoms with van der Waals surface area (Å²) in [6, 6.07) is 24.4. The number of nitrogens with zero attached hydrogens (tertiary/aromatic N) is 2. The number of terminal acetylenes is 1. The van der Waals surface area contributed by atoms with Crippen LogP contribution in [0.5, 0.6) is 5.75 Å². The molecule has 230 valence electrons. The Kier molecular flexibility index (Phi) is 11.2. The maximum atomic E-state index is 10.7. The summed E-state index contributed by atoms with van der Waals surface area (Å²) in [6.07, 6.45) is 13.7. The molecule has 0 fully saturated rings. The Morgan fingerprint density at radius 2 is 1.82 bits per heavy atom. The molecule has 45 heavy (non-hydrogen) atoms. The molecule has 4 N–H and O–H groups in total. The number of benzene rings is 3. The van der Waals surface area contributed by atoms with Gasteiger partial charge in [-0.3, -0.25) is 0 Å². The Morgan fingerprint density at radius 1 is 1.07 bits per heavy atom. The van der Waals surface area contributed by atoms with Gasteiger partial charge in [-0.05, 0) is 92.8 Å². The van der Waals surface area contributed by atoms with E-state index in [-0.39, 0.29) is 11.8 Å². The molecule has 6 nitrogen and oxygen atoms in total. The quantitative estimate of drug-likeness (QED) is 0.0746. The van der Waals surface area contributed by atoms with E-state index in [1.165, 1.54) is 5.56 Å². The zero-order chi connectivity index (χ0) is 32.3. The molecule has 0 saturated carbocycles. The van der Waals surface area contributed by atoms with Gasteiger partial charge in [-0.1, -0.05) is 80.5 Å². The summed E-state index contributed by atoms with van der Waals surface area (Å²) in [5, 5.41) is 17.7. The van der Waals surface area contributed by atoms with Gasteiger partial charge in [-0.2, -0.15) is 4.99 Å². The minimum Gasteiger partial charge on any atom is -0.508 e. The second-order valence-corrected chi connectivity index (χ2v) is 11.1. The fourth-order valence-corrected chi connectivity index (χ4v) is 5.35. The molecule has 0 bridgehead atoms. The summed E-state index contributed by atoms with van der Waals surface area (Å²) < 4.78 is 0. The van der Waals surface area contributed by atoms with Crippen LogP contribution in [0.4, 0.5) is 0 Å². The van der Waals surface area contributed by atoms with Crippen LogP contribution in [-0.2, 0) is 0 Å². The third-order valence-corrected chi connectivity index (χ3v) is 7.34. The van der Waals surface area contributed by atoms with Crippen LogP contribution in [0.15, 0.2) is 90.0 Å². The van der Waals surface area contributed by atoms with E-state index in [4.69, 9.17) is 11.4 Å². The zero-order valence-corrected chi connectivity index (χ0v) is 26.9. The minimum atomic E-state index is 0.123. The van der Waals surface area contributed by atoms with E-state index in [1.54, 1.807) is 12.1 Å². The Labute approximate surface area is 267 Å². The number of aromatic hydroxyl groups is 1. The van der Waals surface area contributed by atoms with E-state index in [1.807, 2.05) is 56.3 Å². The van der Waals surface area contributed by atoms with E-state index < -0.39 is 0 Å². The minimum absolute atomic E-state index is 0.123. The number of hydrogen-bond acceptors (Lipinski definition) is 4. The van der Waals surface area contributed by atoms with Gasteiger partial charge in [0.1, 0.15) is 17.4 Å². The number of amidine groups is 1. The molecule has 4 rings (SSSR count). The summed E-state index contributed by atoms with van der Waals surface area (Å²) in [5.74, 6) is 1.39. The summed E-state index contributed by atoms with van der Waals surface area (Å²) in [4.78, 5) is 12.8. The first-order valence-electron chi connectivity index (χ1n) is 15.4. The fourth-order valence-electron chi connectivity index (χ4n) is 5.35. The first kappa shape index (κ1) is 32.6. The predicted octanol–water partition coefficient (Wildman–Crippen LogP) is 8.95. The number of hydrogen-bond donors (Lipinski definition) is 4. The van der Waals surface area contributed by atoms with Gasteiger partial charge in [0.25, 0.3) is 0 Å². The van der Waals surface area contributed by atoms with Gasteiger partial charge in [0.2, 0.25) is 0 Å². The smallest absolute Gasteiger partial charge is 0.144 e. The van der Waals surface area contributed by atoms with Crippen LogP contribution >= 0.6 is 0 Å². The number of allylic oxidation sites excluding steroid dienone is 2. The summed E-state index contributed by atoms with van der Waals surface area (Å²) in [6.45, 7) is 15.3. The van der Waals surface area contributed by atoms with Crippen LogP contribution in [0.1, 0.15) is 81.6 Å². The van der Waals surface area contributed by atoms with E-state index in [0.29, 0.717) is 18.2 Å². The van der Waals surface area contributed by atoms with Crippen molar-refractivity contribution in [2.24, 2.45) is 4.99 Å². The van der Waals surface area contributed by atoms with Crippen molar-refractivity contribution >= 4 is 23.7 Å². The summed E-state index contributed by atoms with van der Waals surface area (Å²) >= 11 is 0. The van der Waals surface area contributed by atoms with Gasteiger partial charge in [0.15, 0.2) is 0 Å². The molecule has 1 aromatic heterocycles. The van der Waals surface area contributed by atoms with Gasteiger partial charge >= 0.3 is 0 Å². The van der Waals surface area contributed by atoms with Crippen molar-refractivity contribution in [2.45, 2.75) is 53.5 Å². The first-order valence-corrected chi connectivity index (χ1v) is 15.4. The van der Waals surface area contributed by atoms with E-state index in [9.17, 15) is 5.11 Å². The number of aliphatic imine (C=N–C) groups is 1. The Morgan fingerprint density at radius 3 is 2.49 bits per heavy atom. The Balaban J connectivity index is 1.88. The van der Waals surface area contributed by atoms with Crippen molar-refractivity contribution in [3.05, 3.63) is 113 Å². The lowest BCUT2D eigenvalue weighted by Gasteiger charge is -2.23. The van der Waals surface area contributed by atoms with Crippen molar-refractivity contribution in [2.75, 3.05) is 6.54 Å². The number of aromatic nitrogens is 2. The number of phenols is 1. The first-order chi connectivity index (χ1) is 21.8. The second kappa shape index (κ2) is 15.4. The zero-order valence-electron chi connectivity index (χ0n) is 26.9. The molecule has 0 aliphatic carbocycles. The fraction of sp³-hybridized carbons (Fsp3) is 0.231. The summed E-state index contributed by atoms with van der Waals surface area (Å²) in [5.41, 5.74) is 9.09. The maximum Gasteiger partial charge on any atom is 0.144 e. The highest BCUT2D eigenvalue weighted by molar-refractivity contribution is 6.07. The molecular formula is C39H43N5O. The lowest BCUT2D eigenvalue weighted by Crippen LogP contribution is -2.25. The number of imidazole rings is 1. The molecule has 0 spiro atoms. The van der Waals surface area contributed by atoms with E-state index in [0.717, 1.165) is 63.3 Å². The highest BCUT2D eigenvalue weighted by Crippen LogP contribution is 2.37. The maximum absolute atomic E-state index is 10.7. The number of rotatable bonds is 12. The largest absolute Gasteiger partial charge is 0.508 e. The third kappa shape index (κ3) is 8.01. The van der Waals surface area contributed by atoms with Crippen LogP contribution in [0.25, 0.3) is 40.4 Å². The molecule has 0 saturated heterocycles. The van der Waals surface area contributed by atoms with Crippen LogP contribution in [0.3, 0.4) is 0 Å². The Bertz CT molecular complexity index is 1760. The van der Waals surface area contributed by atoms with Crippen molar-refractivity contribution < 1.29 is 5.11 Å². The molecule has 1 atom stereocenters. The standard InChI is InChI=1S/C39H43N5O/c1-8-15-35(28-17-13-12-14-18-28)42-27(7)29-19-21-31(34(24-29)38(40-10-3)41-11-4)33-25-30(45)20-22-32(33)39-43-36(16-9-2)37(44-39)23-26(5)6/h3,9,12-14,16-25,35,42,45H,7-8,11,15H2,1-2,4-6H3,(H,40,41)(H,43,44)/b16-9-/t35-/m1/s1. The van der Waals surface area contributed by atoms with E-state index in [2.05, 4.69) is 84.3 Å². The van der Waals surface area contributed by atoms with Gasteiger partial charge < -0.3 is 20.7 Å². The molecule has 0 unspecified atom stereocenters. The topological polar surface area (TPSA) is 85.3 Å². The molecular weight excluding hydrogens is 554 g/mol. The van der Waals surface area contributed by atoms with Crippen molar-refractivity contribution in [1.29, 1.82) is 0 Å². The van der Waals surface area contributed by atoms with E-state index >= 15 is 0 Å². The SMILES string of the molecule is C#CN=C(NCC)c1cc(C(=C)N[C@H](CCC)c2ccccc2)ccc1-c1cc(O)ccc1-c1nc(/C=C\C)c(C=C(C)C)[nH]1. The van der Waals surface area contributed by atoms with Crippen LogP contribution < -0.4 is 10.6 Å². The molecule has 0 aliphatic rings.